The van der Waals surface area contributed by atoms with Crippen LogP contribution in [-0.4, -0.2) is 36.4 Å². The molecule has 2 aromatic carbocycles. The fourth-order valence-electron chi connectivity index (χ4n) is 2.12. The van der Waals surface area contributed by atoms with Crippen LogP contribution < -0.4 is 9.47 Å². The Morgan fingerprint density at radius 2 is 1.14 bits per heavy atom. The first-order chi connectivity index (χ1) is 10.5. The summed E-state index contributed by atoms with van der Waals surface area (Å²) >= 11 is 0. The number of hydrogen-bond donors (Lipinski definition) is 2. The van der Waals surface area contributed by atoms with E-state index in [0.29, 0.717) is 11.5 Å². The van der Waals surface area contributed by atoms with Crippen molar-refractivity contribution in [1.82, 2.24) is 0 Å². The molecule has 0 spiro atoms. The number of rotatable bonds is 5. The van der Waals surface area contributed by atoms with Crippen LogP contribution in [0, 0.1) is 0 Å². The monoisotopic (exact) mass is 302 g/mol. The standard InChI is InChI=1S/C16H14O6/c1-21-9-3-5-11(15(17)18)13(7-9)14-8-10(22-2)4-6-12(14)16(19)20/h3-8H,1-2H3,(H,17,18)(H,19,20). The van der Waals surface area contributed by atoms with E-state index in [2.05, 4.69) is 0 Å². The molecular weight excluding hydrogens is 288 g/mol. The second kappa shape index (κ2) is 6.17. The van der Waals surface area contributed by atoms with Crippen LogP contribution in [0.5, 0.6) is 11.5 Å². The summed E-state index contributed by atoms with van der Waals surface area (Å²) in [5.74, 6) is -1.45. The van der Waals surface area contributed by atoms with Gasteiger partial charge in [-0.2, -0.15) is 0 Å². The number of carboxylic acids is 2. The van der Waals surface area contributed by atoms with Crippen LogP contribution in [0.4, 0.5) is 0 Å². The van der Waals surface area contributed by atoms with Crippen molar-refractivity contribution in [3.8, 4) is 22.6 Å². The average molecular weight is 302 g/mol. The number of methoxy groups -OCH3 is 2. The molecular formula is C16H14O6. The van der Waals surface area contributed by atoms with Gasteiger partial charge in [-0.1, -0.05) is 0 Å². The van der Waals surface area contributed by atoms with Crippen LogP contribution >= 0.6 is 0 Å². The van der Waals surface area contributed by atoms with Crippen molar-refractivity contribution in [3.05, 3.63) is 47.5 Å². The lowest BCUT2D eigenvalue weighted by Crippen LogP contribution is -2.05. The van der Waals surface area contributed by atoms with E-state index < -0.39 is 11.9 Å². The molecule has 0 aliphatic heterocycles. The normalized spacial score (nSPS) is 10.1. The van der Waals surface area contributed by atoms with Gasteiger partial charge in [0.25, 0.3) is 0 Å². The molecule has 6 heteroatoms. The summed E-state index contributed by atoms with van der Waals surface area (Å²) in [5.41, 5.74) is 0.472. The molecule has 0 saturated heterocycles. The van der Waals surface area contributed by atoms with Crippen molar-refractivity contribution in [3.63, 3.8) is 0 Å². The summed E-state index contributed by atoms with van der Waals surface area (Å²) < 4.78 is 10.2. The second-order valence-corrected chi connectivity index (χ2v) is 4.43. The number of carboxylic acid groups (broad SMARTS) is 2. The number of carbonyl (C=O) groups is 2. The van der Waals surface area contributed by atoms with Gasteiger partial charge >= 0.3 is 11.9 Å². The molecule has 2 rings (SSSR count). The lowest BCUT2D eigenvalue weighted by atomic mass is 9.94. The molecule has 0 bridgehead atoms. The molecule has 0 aliphatic rings. The molecule has 114 valence electrons. The number of benzene rings is 2. The summed E-state index contributed by atoms with van der Waals surface area (Å²) in [6.07, 6.45) is 0. The van der Waals surface area contributed by atoms with Crippen LogP contribution in [0.25, 0.3) is 11.1 Å². The van der Waals surface area contributed by atoms with Gasteiger partial charge in [0.1, 0.15) is 11.5 Å². The molecule has 0 amide bonds. The predicted molar refractivity (Wildman–Crippen MR) is 78.9 cm³/mol. The predicted octanol–water partition coefficient (Wildman–Crippen LogP) is 2.77. The van der Waals surface area contributed by atoms with Crippen molar-refractivity contribution < 1.29 is 29.3 Å². The Hall–Kier alpha value is -3.02. The van der Waals surface area contributed by atoms with Crippen molar-refractivity contribution in [2.24, 2.45) is 0 Å². The van der Waals surface area contributed by atoms with Gasteiger partial charge in [-0.3, -0.25) is 0 Å². The highest BCUT2D eigenvalue weighted by atomic mass is 16.5. The maximum atomic E-state index is 11.4. The van der Waals surface area contributed by atoms with Crippen molar-refractivity contribution >= 4 is 11.9 Å². The quantitative estimate of drug-likeness (QED) is 0.882. The molecule has 0 saturated carbocycles. The zero-order valence-electron chi connectivity index (χ0n) is 12.0. The lowest BCUT2D eigenvalue weighted by Gasteiger charge is -2.13. The topological polar surface area (TPSA) is 93.1 Å². The van der Waals surface area contributed by atoms with E-state index in [1.165, 1.54) is 50.6 Å². The molecule has 0 heterocycles. The highest BCUT2D eigenvalue weighted by Crippen LogP contribution is 2.33. The van der Waals surface area contributed by atoms with Crippen LogP contribution in [0.1, 0.15) is 20.7 Å². The maximum Gasteiger partial charge on any atom is 0.336 e. The molecule has 0 radical (unpaired) electrons. The number of ether oxygens (including phenoxy) is 2. The molecule has 0 aliphatic carbocycles. The van der Waals surface area contributed by atoms with Crippen molar-refractivity contribution in [2.75, 3.05) is 14.2 Å². The third-order valence-corrected chi connectivity index (χ3v) is 3.20. The largest absolute Gasteiger partial charge is 0.497 e. The minimum atomic E-state index is -1.16. The molecule has 2 aromatic rings. The Labute approximate surface area is 126 Å². The van der Waals surface area contributed by atoms with E-state index >= 15 is 0 Å². The van der Waals surface area contributed by atoms with Gasteiger partial charge in [0.2, 0.25) is 0 Å². The smallest absolute Gasteiger partial charge is 0.336 e. The molecule has 2 N–H and O–H groups in total. The number of aromatic carboxylic acids is 2. The highest BCUT2D eigenvalue weighted by molar-refractivity contribution is 6.02. The molecule has 0 aromatic heterocycles. The number of hydrogen-bond acceptors (Lipinski definition) is 4. The van der Waals surface area contributed by atoms with Gasteiger partial charge in [0.15, 0.2) is 0 Å². The maximum absolute atomic E-state index is 11.4. The van der Waals surface area contributed by atoms with Crippen LogP contribution in [0.2, 0.25) is 0 Å². The Kier molecular flexibility index (Phi) is 4.31. The first-order valence-corrected chi connectivity index (χ1v) is 6.31. The minimum absolute atomic E-state index is 0.0171. The van der Waals surface area contributed by atoms with Crippen LogP contribution in [0.15, 0.2) is 36.4 Å². The summed E-state index contributed by atoms with van der Waals surface area (Å²) in [4.78, 5) is 22.8. The van der Waals surface area contributed by atoms with E-state index in [1.54, 1.807) is 0 Å². The Morgan fingerprint density at radius 1 is 0.773 bits per heavy atom. The second-order valence-electron chi connectivity index (χ2n) is 4.43. The Balaban J connectivity index is 2.78. The summed E-state index contributed by atoms with van der Waals surface area (Å²) in [7, 11) is 2.90. The zero-order valence-corrected chi connectivity index (χ0v) is 12.0. The average Bonchev–Trinajstić information content (AvgIpc) is 2.53. The molecule has 22 heavy (non-hydrogen) atoms. The van der Waals surface area contributed by atoms with E-state index in [4.69, 9.17) is 9.47 Å². The molecule has 0 unspecified atom stereocenters. The van der Waals surface area contributed by atoms with Gasteiger partial charge in [-0.15, -0.1) is 0 Å². The van der Waals surface area contributed by atoms with E-state index in [0.717, 1.165) is 0 Å². The van der Waals surface area contributed by atoms with Crippen molar-refractivity contribution in [1.29, 1.82) is 0 Å². The third-order valence-electron chi connectivity index (χ3n) is 3.20. The summed E-state index contributed by atoms with van der Waals surface area (Å²) in [6, 6.07) is 8.75. The molecule has 0 atom stereocenters. The van der Waals surface area contributed by atoms with Gasteiger partial charge < -0.3 is 19.7 Å². The summed E-state index contributed by atoms with van der Waals surface area (Å²) in [5, 5.41) is 18.7. The Bertz CT molecular complexity index is 672. The fraction of sp³-hybridized carbons (Fsp3) is 0.125. The zero-order chi connectivity index (χ0) is 16.3. The van der Waals surface area contributed by atoms with E-state index in [9.17, 15) is 19.8 Å². The van der Waals surface area contributed by atoms with Crippen molar-refractivity contribution in [2.45, 2.75) is 0 Å². The van der Waals surface area contributed by atoms with Gasteiger partial charge in [-0.05, 0) is 36.4 Å². The Morgan fingerprint density at radius 3 is 1.41 bits per heavy atom. The summed E-state index contributed by atoms with van der Waals surface area (Å²) in [6.45, 7) is 0. The van der Waals surface area contributed by atoms with Gasteiger partial charge in [0.05, 0.1) is 25.3 Å². The minimum Gasteiger partial charge on any atom is -0.497 e. The first-order valence-electron chi connectivity index (χ1n) is 6.31. The van der Waals surface area contributed by atoms with Crippen LogP contribution in [0.3, 0.4) is 0 Å². The molecule has 0 fully saturated rings. The van der Waals surface area contributed by atoms with E-state index in [-0.39, 0.29) is 22.3 Å². The van der Waals surface area contributed by atoms with E-state index in [1.807, 2.05) is 0 Å². The lowest BCUT2D eigenvalue weighted by molar-refractivity contribution is 0.0684. The first kappa shape index (κ1) is 15.4. The van der Waals surface area contributed by atoms with Gasteiger partial charge in [0, 0.05) is 11.1 Å². The van der Waals surface area contributed by atoms with Gasteiger partial charge in [-0.25, -0.2) is 9.59 Å². The SMILES string of the molecule is COc1ccc(C(=O)O)c(-c2cc(OC)ccc2C(=O)O)c1. The molecule has 6 nitrogen and oxygen atoms in total. The van der Waals surface area contributed by atoms with Crippen LogP contribution in [-0.2, 0) is 0 Å². The fourth-order valence-corrected chi connectivity index (χ4v) is 2.12. The third kappa shape index (κ3) is 2.85. The highest BCUT2D eigenvalue weighted by Gasteiger charge is 2.19.